The maximum atomic E-state index is 10.7. The van der Waals surface area contributed by atoms with Crippen molar-refractivity contribution in [3.8, 4) is 6.07 Å². The Bertz CT molecular complexity index is 299. The molecule has 0 rings (SSSR count). The largest absolute Gasteiger partial charge is 0.287 e. The van der Waals surface area contributed by atoms with Crippen LogP contribution in [0.3, 0.4) is 0 Å². The molecule has 0 saturated heterocycles. The number of nitrogens with zero attached hydrogens (tertiary/aromatic N) is 1. The van der Waals surface area contributed by atoms with Crippen molar-refractivity contribution >= 4 is 10.1 Å². The second kappa shape index (κ2) is 4.74. The highest BCUT2D eigenvalue weighted by Gasteiger charge is 2.06. The van der Waals surface area contributed by atoms with E-state index in [1.807, 2.05) is 0 Å². The first-order valence-electron chi connectivity index (χ1n) is 3.25. The summed E-state index contributed by atoms with van der Waals surface area (Å²) >= 11 is 0. The fourth-order valence-corrected chi connectivity index (χ4v) is 0.691. The van der Waals surface area contributed by atoms with E-state index < -0.39 is 10.1 Å². The minimum atomic E-state index is -3.49. The van der Waals surface area contributed by atoms with Gasteiger partial charge in [0, 0.05) is 11.8 Å². The van der Waals surface area contributed by atoms with Gasteiger partial charge in [0.25, 0.3) is 10.1 Å². The predicted molar refractivity (Wildman–Crippen MR) is 43.1 cm³/mol. The van der Waals surface area contributed by atoms with Crippen LogP contribution in [-0.4, -0.2) is 14.2 Å². The van der Waals surface area contributed by atoms with Gasteiger partial charge in [-0.25, -0.2) is 0 Å². The molecule has 0 atom stereocenters. The van der Waals surface area contributed by atoms with Crippen LogP contribution in [0.1, 0.15) is 13.8 Å². The van der Waals surface area contributed by atoms with Crippen molar-refractivity contribution < 1.29 is 12.7 Å². The van der Waals surface area contributed by atoms with E-state index in [4.69, 9.17) is 5.26 Å². The number of hydroxylamine groups is 1. The van der Waals surface area contributed by atoms with E-state index in [0.717, 1.165) is 6.08 Å². The zero-order chi connectivity index (χ0) is 9.61. The third-order valence-electron chi connectivity index (χ3n) is 0.964. The van der Waals surface area contributed by atoms with Crippen molar-refractivity contribution in [1.29, 1.82) is 5.26 Å². The Morgan fingerprint density at radius 1 is 1.75 bits per heavy atom. The molecule has 0 bridgehead atoms. The lowest BCUT2D eigenvalue weighted by Crippen LogP contribution is -2.19. The van der Waals surface area contributed by atoms with Crippen molar-refractivity contribution in [3.63, 3.8) is 0 Å². The second-order valence-corrected chi connectivity index (χ2v) is 3.85. The first-order chi connectivity index (χ1) is 5.52. The van der Waals surface area contributed by atoms with E-state index in [1.165, 1.54) is 13.8 Å². The average molecular weight is 190 g/mol. The zero-order valence-electron chi connectivity index (χ0n) is 6.86. The molecule has 0 unspecified atom stereocenters. The maximum Gasteiger partial charge on any atom is 0.287 e. The van der Waals surface area contributed by atoms with E-state index in [2.05, 4.69) is 9.76 Å². The van der Waals surface area contributed by atoms with Crippen LogP contribution < -0.4 is 5.48 Å². The van der Waals surface area contributed by atoms with Gasteiger partial charge in [-0.3, -0.25) is 5.48 Å². The molecular weight excluding hydrogens is 180 g/mol. The number of hydrogen-bond acceptors (Lipinski definition) is 5. The fraction of sp³-hybridized carbons (Fsp3) is 0.500. The average Bonchev–Trinajstić information content (AvgIpc) is 2.02. The summed E-state index contributed by atoms with van der Waals surface area (Å²) in [5.74, 6) is -0.111. The minimum Gasteiger partial charge on any atom is -0.253 e. The molecule has 1 N–H and O–H groups in total. The van der Waals surface area contributed by atoms with E-state index in [1.54, 1.807) is 6.07 Å². The lowest BCUT2D eigenvalue weighted by atomic mass is 10.5. The van der Waals surface area contributed by atoms with Crippen LogP contribution in [0.2, 0.25) is 0 Å². The number of rotatable bonds is 4. The quantitative estimate of drug-likeness (QED) is 0.509. The molecule has 0 amide bonds. The van der Waals surface area contributed by atoms with Crippen LogP contribution in [0.25, 0.3) is 0 Å². The van der Waals surface area contributed by atoms with Crippen LogP contribution in [0.15, 0.2) is 11.8 Å². The van der Waals surface area contributed by atoms with Crippen molar-refractivity contribution in [1.82, 2.24) is 5.48 Å². The van der Waals surface area contributed by atoms with Gasteiger partial charge >= 0.3 is 0 Å². The summed E-state index contributed by atoms with van der Waals surface area (Å²) in [7, 11) is -3.49. The third-order valence-corrected chi connectivity index (χ3v) is 2.01. The van der Waals surface area contributed by atoms with Crippen molar-refractivity contribution in [3.05, 3.63) is 11.8 Å². The van der Waals surface area contributed by atoms with Gasteiger partial charge in [-0.05, 0) is 13.8 Å². The molecule has 12 heavy (non-hydrogen) atoms. The molecule has 0 aliphatic rings. The molecule has 0 radical (unpaired) electrons. The van der Waals surface area contributed by atoms with Crippen molar-refractivity contribution in [2.45, 2.75) is 13.8 Å². The Balaban J connectivity index is 4.03. The highest BCUT2D eigenvalue weighted by atomic mass is 32.2. The monoisotopic (exact) mass is 190 g/mol. The van der Waals surface area contributed by atoms with E-state index >= 15 is 0 Å². The van der Waals surface area contributed by atoms with Crippen LogP contribution in [-0.2, 0) is 14.4 Å². The first-order valence-corrected chi connectivity index (χ1v) is 4.83. The van der Waals surface area contributed by atoms with Crippen LogP contribution >= 0.6 is 0 Å². The Morgan fingerprint density at radius 3 is 2.75 bits per heavy atom. The predicted octanol–water partition coefficient (Wildman–Crippen LogP) is 0.285. The van der Waals surface area contributed by atoms with Gasteiger partial charge in [0.1, 0.15) is 0 Å². The number of allylic oxidation sites excluding steroid dienone is 2. The minimum absolute atomic E-state index is 0.111. The van der Waals surface area contributed by atoms with Gasteiger partial charge in [-0.1, -0.05) is 0 Å². The van der Waals surface area contributed by atoms with Crippen LogP contribution in [0.4, 0.5) is 0 Å². The third kappa shape index (κ3) is 4.71. The highest BCUT2D eigenvalue weighted by molar-refractivity contribution is 7.86. The molecule has 0 aromatic rings. The Hall–Kier alpha value is -1.06. The maximum absolute atomic E-state index is 10.7. The second-order valence-electron chi connectivity index (χ2n) is 1.99. The summed E-state index contributed by atoms with van der Waals surface area (Å²) in [6.45, 7) is 2.98. The zero-order valence-corrected chi connectivity index (χ0v) is 7.68. The standard InChI is InChI=1S/C6H10N2O3S/c1-3-12(9,10)11-8-6(2)4-5-7/h4,8H,3H2,1-2H3. The van der Waals surface area contributed by atoms with Gasteiger partial charge in [-0.15, -0.1) is 0 Å². The molecule has 68 valence electrons. The lowest BCUT2D eigenvalue weighted by Gasteiger charge is -2.03. The molecule has 6 heteroatoms. The summed E-state index contributed by atoms with van der Waals surface area (Å²) in [5, 5.41) is 8.15. The molecule has 0 saturated carbocycles. The van der Waals surface area contributed by atoms with Gasteiger partial charge in [0.15, 0.2) is 0 Å². The Labute approximate surface area is 71.7 Å². The summed E-state index contributed by atoms with van der Waals surface area (Å²) in [6.07, 6.45) is 1.14. The molecule has 0 aliphatic heterocycles. The molecule has 0 fully saturated rings. The molecule has 0 aromatic heterocycles. The van der Waals surface area contributed by atoms with Gasteiger partial charge < -0.3 is 0 Å². The number of nitriles is 1. The van der Waals surface area contributed by atoms with Gasteiger partial charge in [0.05, 0.1) is 11.8 Å². The number of nitrogens with one attached hydrogen (secondary N) is 1. The Morgan fingerprint density at radius 2 is 2.33 bits per heavy atom. The molecule has 5 nitrogen and oxygen atoms in total. The first kappa shape index (κ1) is 10.9. The number of hydrogen-bond donors (Lipinski definition) is 1. The molecular formula is C6H10N2O3S. The summed E-state index contributed by atoms with van der Waals surface area (Å²) < 4.78 is 25.7. The van der Waals surface area contributed by atoms with E-state index in [0.29, 0.717) is 5.70 Å². The Kier molecular flexibility index (Phi) is 4.33. The van der Waals surface area contributed by atoms with Gasteiger partial charge in [0.2, 0.25) is 0 Å². The van der Waals surface area contributed by atoms with Gasteiger partial charge in [-0.2, -0.15) is 18.0 Å². The van der Waals surface area contributed by atoms with E-state index in [9.17, 15) is 8.42 Å². The van der Waals surface area contributed by atoms with Crippen molar-refractivity contribution in [2.24, 2.45) is 0 Å². The topological polar surface area (TPSA) is 79.2 Å². The molecule has 0 heterocycles. The van der Waals surface area contributed by atoms with Crippen LogP contribution in [0, 0.1) is 11.3 Å². The lowest BCUT2D eigenvalue weighted by molar-refractivity contribution is 0.237. The SMILES string of the molecule is CCS(=O)(=O)ONC(C)=CC#N. The van der Waals surface area contributed by atoms with Crippen molar-refractivity contribution in [2.75, 3.05) is 5.75 Å². The van der Waals surface area contributed by atoms with E-state index in [-0.39, 0.29) is 5.75 Å². The summed E-state index contributed by atoms with van der Waals surface area (Å²) in [4.78, 5) is 0. The molecule has 0 aromatic carbocycles. The molecule has 0 aliphatic carbocycles. The smallest absolute Gasteiger partial charge is 0.253 e. The summed E-state index contributed by atoms with van der Waals surface area (Å²) in [6, 6.07) is 1.72. The fourth-order valence-electron chi connectivity index (χ4n) is 0.314. The normalized spacial score (nSPS) is 12.2. The van der Waals surface area contributed by atoms with Crippen LogP contribution in [0.5, 0.6) is 0 Å². The molecule has 0 spiro atoms. The summed E-state index contributed by atoms with van der Waals surface area (Å²) in [5.41, 5.74) is 2.47. The highest BCUT2D eigenvalue weighted by Crippen LogP contribution is 1.92.